The number of carbonyl (C=O) groups is 1. The van der Waals surface area contributed by atoms with Crippen LogP contribution in [0.1, 0.15) is 38.7 Å². The predicted molar refractivity (Wildman–Crippen MR) is 78.4 cm³/mol. The van der Waals surface area contributed by atoms with Gasteiger partial charge in [0.05, 0.1) is 6.54 Å². The van der Waals surface area contributed by atoms with Crippen molar-refractivity contribution in [1.82, 2.24) is 4.90 Å². The molecule has 106 valence electrons. The molecule has 1 atom stereocenters. The number of aliphatic carboxylic acids is 1. The average Bonchev–Trinajstić information content (AvgIpc) is 2.36. The zero-order valence-electron chi connectivity index (χ0n) is 12.2. The Morgan fingerprint density at radius 2 is 1.89 bits per heavy atom. The fraction of sp³-hybridized carbons (Fsp3) is 0.562. The molecule has 1 aromatic carbocycles. The highest BCUT2D eigenvalue weighted by atomic mass is 16.4. The van der Waals surface area contributed by atoms with Gasteiger partial charge < -0.3 is 5.11 Å². The number of rotatable bonds is 8. The van der Waals surface area contributed by atoms with E-state index in [-0.39, 0.29) is 6.54 Å². The number of hydrogen-bond donors (Lipinski definition) is 1. The molecule has 1 N–H and O–H groups in total. The van der Waals surface area contributed by atoms with E-state index in [1.165, 1.54) is 5.56 Å². The summed E-state index contributed by atoms with van der Waals surface area (Å²) in [7, 11) is 0. The van der Waals surface area contributed by atoms with Crippen molar-refractivity contribution in [3.63, 3.8) is 0 Å². The highest BCUT2D eigenvalue weighted by Gasteiger charge is 2.20. The lowest BCUT2D eigenvalue weighted by atomic mass is 9.88. The van der Waals surface area contributed by atoms with Crippen molar-refractivity contribution in [2.75, 3.05) is 19.6 Å². The van der Waals surface area contributed by atoms with E-state index in [9.17, 15) is 4.79 Å². The van der Waals surface area contributed by atoms with E-state index >= 15 is 0 Å². The minimum Gasteiger partial charge on any atom is -0.480 e. The minimum atomic E-state index is -0.746. The van der Waals surface area contributed by atoms with E-state index in [2.05, 4.69) is 32.9 Å². The first-order valence-corrected chi connectivity index (χ1v) is 7.03. The first kappa shape index (κ1) is 15.7. The van der Waals surface area contributed by atoms with E-state index < -0.39 is 5.97 Å². The largest absolute Gasteiger partial charge is 0.480 e. The highest BCUT2D eigenvalue weighted by Crippen LogP contribution is 2.25. The van der Waals surface area contributed by atoms with Crippen molar-refractivity contribution in [3.05, 3.63) is 35.9 Å². The van der Waals surface area contributed by atoms with E-state index in [1.807, 2.05) is 23.1 Å². The van der Waals surface area contributed by atoms with Gasteiger partial charge in [-0.25, -0.2) is 0 Å². The summed E-state index contributed by atoms with van der Waals surface area (Å²) in [5.41, 5.74) is 1.30. The van der Waals surface area contributed by atoms with Crippen LogP contribution in [-0.4, -0.2) is 35.6 Å². The molecule has 1 aromatic rings. The van der Waals surface area contributed by atoms with Crippen molar-refractivity contribution in [2.45, 2.75) is 33.1 Å². The van der Waals surface area contributed by atoms with E-state index in [4.69, 9.17) is 5.11 Å². The number of carboxylic acids is 1. The van der Waals surface area contributed by atoms with Crippen molar-refractivity contribution in [3.8, 4) is 0 Å². The maximum atomic E-state index is 10.9. The number of hydrogen-bond acceptors (Lipinski definition) is 2. The molecule has 0 saturated heterocycles. The van der Waals surface area contributed by atoms with Crippen LogP contribution in [0, 0.1) is 5.92 Å². The molecule has 19 heavy (non-hydrogen) atoms. The molecule has 0 saturated carbocycles. The van der Waals surface area contributed by atoms with E-state index in [0.29, 0.717) is 11.8 Å². The molecule has 0 amide bonds. The maximum Gasteiger partial charge on any atom is 0.317 e. The fourth-order valence-electron chi connectivity index (χ4n) is 2.42. The Bertz CT molecular complexity index is 376. The Morgan fingerprint density at radius 3 is 2.37 bits per heavy atom. The smallest absolute Gasteiger partial charge is 0.317 e. The maximum absolute atomic E-state index is 10.9. The summed E-state index contributed by atoms with van der Waals surface area (Å²) >= 11 is 0. The average molecular weight is 263 g/mol. The lowest BCUT2D eigenvalue weighted by Crippen LogP contribution is -2.35. The van der Waals surface area contributed by atoms with Crippen molar-refractivity contribution in [2.24, 2.45) is 5.92 Å². The van der Waals surface area contributed by atoms with Crippen LogP contribution in [0.5, 0.6) is 0 Å². The normalized spacial score (nSPS) is 12.9. The summed E-state index contributed by atoms with van der Waals surface area (Å²) in [6, 6.07) is 10.4. The van der Waals surface area contributed by atoms with Crippen LogP contribution >= 0.6 is 0 Å². The van der Waals surface area contributed by atoms with Crippen LogP contribution in [-0.2, 0) is 4.79 Å². The molecule has 0 spiro atoms. The molecule has 0 aliphatic rings. The van der Waals surface area contributed by atoms with Gasteiger partial charge >= 0.3 is 5.97 Å². The SMILES string of the molecule is CCCN(CC(=O)O)CC(c1ccccc1)C(C)C. The quantitative estimate of drug-likeness (QED) is 0.783. The monoisotopic (exact) mass is 263 g/mol. The molecular weight excluding hydrogens is 238 g/mol. The van der Waals surface area contributed by atoms with Gasteiger partial charge in [0.25, 0.3) is 0 Å². The number of carboxylic acid groups (broad SMARTS) is 1. The van der Waals surface area contributed by atoms with Crippen LogP contribution in [0.2, 0.25) is 0 Å². The third-order valence-corrected chi connectivity index (χ3v) is 3.39. The van der Waals surface area contributed by atoms with Gasteiger partial charge in [-0.15, -0.1) is 0 Å². The Kier molecular flexibility index (Phi) is 6.57. The van der Waals surface area contributed by atoms with Gasteiger partial charge in [0.15, 0.2) is 0 Å². The Morgan fingerprint density at radius 1 is 1.26 bits per heavy atom. The molecule has 0 fully saturated rings. The van der Waals surface area contributed by atoms with E-state index in [1.54, 1.807) is 0 Å². The summed E-state index contributed by atoms with van der Waals surface area (Å²) in [6.45, 7) is 8.25. The van der Waals surface area contributed by atoms with Gasteiger partial charge in [-0.3, -0.25) is 9.69 Å². The Hall–Kier alpha value is -1.35. The van der Waals surface area contributed by atoms with Crippen LogP contribution < -0.4 is 0 Å². The summed E-state index contributed by atoms with van der Waals surface area (Å²) in [4.78, 5) is 13.0. The number of nitrogens with zero attached hydrogens (tertiary/aromatic N) is 1. The molecule has 0 aliphatic heterocycles. The lowest BCUT2D eigenvalue weighted by Gasteiger charge is -2.28. The van der Waals surface area contributed by atoms with E-state index in [0.717, 1.165) is 19.5 Å². The van der Waals surface area contributed by atoms with Gasteiger partial charge in [-0.05, 0) is 30.4 Å². The van der Waals surface area contributed by atoms with Crippen molar-refractivity contribution < 1.29 is 9.90 Å². The molecule has 3 nitrogen and oxygen atoms in total. The summed E-state index contributed by atoms with van der Waals surface area (Å²) in [5, 5.41) is 8.99. The topological polar surface area (TPSA) is 40.5 Å². The molecule has 3 heteroatoms. The molecule has 1 unspecified atom stereocenters. The second-order valence-electron chi connectivity index (χ2n) is 5.39. The Labute approximate surface area is 116 Å². The summed E-state index contributed by atoms with van der Waals surface area (Å²) < 4.78 is 0. The molecule has 0 aliphatic carbocycles. The number of benzene rings is 1. The third-order valence-electron chi connectivity index (χ3n) is 3.39. The standard InChI is InChI=1S/C16H25NO2/c1-4-10-17(12-16(18)19)11-15(13(2)3)14-8-6-5-7-9-14/h5-9,13,15H,4,10-12H2,1-3H3,(H,18,19). The second-order valence-corrected chi connectivity index (χ2v) is 5.39. The van der Waals surface area contributed by atoms with Gasteiger partial charge in [0.2, 0.25) is 0 Å². The second kappa shape index (κ2) is 7.95. The first-order chi connectivity index (χ1) is 9.04. The van der Waals surface area contributed by atoms with Crippen LogP contribution in [0.15, 0.2) is 30.3 Å². The molecule has 1 rings (SSSR count). The molecule has 0 aromatic heterocycles. The predicted octanol–water partition coefficient (Wildman–Crippen LogP) is 3.22. The van der Waals surface area contributed by atoms with Gasteiger partial charge in [-0.1, -0.05) is 51.1 Å². The van der Waals surface area contributed by atoms with Crippen molar-refractivity contribution >= 4 is 5.97 Å². The zero-order valence-corrected chi connectivity index (χ0v) is 12.2. The summed E-state index contributed by atoms with van der Waals surface area (Å²) in [6.07, 6.45) is 0.979. The van der Waals surface area contributed by atoms with Gasteiger partial charge in [-0.2, -0.15) is 0 Å². The minimum absolute atomic E-state index is 0.129. The summed E-state index contributed by atoms with van der Waals surface area (Å²) in [5.74, 6) is 0.131. The highest BCUT2D eigenvalue weighted by molar-refractivity contribution is 5.69. The van der Waals surface area contributed by atoms with Gasteiger partial charge in [0, 0.05) is 6.54 Å². The van der Waals surface area contributed by atoms with Crippen LogP contribution in [0.25, 0.3) is 0 Å². The fourth-order valence-corrected chi connectivity index (χ4v) is 2.42. The van der Waals surface area contributed by atoms with Crippen molar-refractivity contribution in [1.29, 1.82) is 0 Å². The zero-order chi connectivity index (χ0) is 14.3. The lowest BCUT2D eigenvalue weighted by molar-refractivity contribution is -0.138. The van der Waals surface area contributed by atoms with Crippen LogP contribution in [0.3, 0.4) is 0 Å². The molecule has 0 bridgehead atoms. The van der Waals surface area contributed by atoms with Gasteiger partial charge in [0.1, 0.15) is 0 Å². The third kappa shape index (κ3) is 5.43. The molecule has 0 radical (unpaired) electrons. The molecular formula is C16H25NO2. The Balaban J connectivity index is 2.78. The first-order valence-electron chi connectivity index (χ1n) is 7.03. The molecule has 0 heterocycles. The van der Waals surface area contributed by atoms with Crippen LogP contribution in [0.4, 0.5) is 0 Å².